The molecular formula is C53H72N14O11S2. The summed E-state index contributed by atoms with van der Waals surface area (Å²) in [7, 11) is 0. The van der Waals surface area contributed by atoms with Gasteiger partial charge in [0.05, 0.1) is 18.2 Å². The van der Waals surface area contributed by atoms with Crippen LogP contribution in [0.3, 0.4) is 0 Å². The summed E-state index contributed by atoms with van der Waals surface area (Å²) in [5.41, 5.74) is 26.2. The maximum atomic E-state index is 14.8. The number of phenolic OH excluding ortho intramolecular Hbond substituents is 1. The molecule has 5 rings (SSSR count). The lowest BCUT2D eigenvalue weighted by Gasteiger charge is -2.33. The second-order valence-corrected chi connectivity index (χ2v) is 21.4. The minimum atomic E-state index is -1.79. The molecule has 0 fully saturated rings. The Balaban J connectivity index is 1.43. The van der Waals surface area contributed by atoms with Crippen LogP contribution in [0, 0.1) is 0 Å². The van der Waals surface area contributed by atoms with Gasteiger partial charge in [-0.15, -0.1) is 0 Å². The second kappa shape index (κ2) is 28.9. The Hall–Kier alpha value is -7.85. The van der Waals surface area contributed by atoms with E-state index >= 15 is 0 Å². The fraction of sp³-hybridized carbons (Fsp3) is 0.415. The zero-order valence-corrected chi connectivity index (χ0v) is 46.4. The number of aromatic hydroxyl groups is 1. The van der Waals surface area contributed by atoms with E-state index < -0.39 is 113 Å². The van der Waals surface area contributed by atoms with E-state index in [1.54, 1.807) is 36.7 Å². The van der Waals surface area contributed by atoms with Crippen LogP contribution in [0.25, 0.3) is 21.8 Å². The molecule has 0 saturated carbocycles. The number of guanidine groups is 1. The van der Waals surface area contributed by atoms with Crippen molar-refractivity contribution in [2.75, 3.05) is 12.3 Å². The van der Waals surface area contributed by atoms with Crippen molar-refractivity contribution in [1.29, 1.82) is 0 Å². The lowest BCUT2D eigenvalue weighted by molar-refractivity contribution is -0.137. The number of fused-ring (bicyclic) bond motifs is 2. The normalized spacial score (nSPS) is 15.3. The number of carbonyl (C=O) groups is 8. The van der Waals surface area contributed by atoms with Crippen LogP contribution in [-0.2, 0) is 57.6 Å². The molecule has 0 aliphatic heterocycles. The number of nitrogens with two attached hydrogens (primary N) is 4. The number of primary amides is 1. The number of thiol groups is 2. The standard InChI is InChI=1S/C53H72N14O11S2/c1-26(68)41(44(55)71)65-51(78)43(53(3,4)80)67-50(77)42(27(2)69)66-46(73)37(14-9-19-58-52(56)57)61-48(75)39(22-30-24-60-36-13-8-6-11-33(30)36)63-47(74)38(20-28-15-17-31(70)18-16-28)62-49(76)40(25-79)64-45(72)34(54)21-29-23-59-35-12-7-5-10-32(29)35/h5-8,10-13,15-18,23-24,26-27,34,37-43,59-60,68-70,79-80H,9,14,19-22,25,54H2,1-4H3,(H2,55,71)(H,61,75)(H,62,76)(H,63,74)(H,64,72)(H,65,78)(H,66,73)(H,67,77)(H4,56,57,58)/t26-,27-,34-,37+,38+,39-,40+,41+,42+,43-/m1/s1. The van der Waals surface area contributed by atoms with Gasteiger partial charge in [0.2, 0.25) is 47.3 Å². The molecular weight excluding hydrogens is 1070 g/mol. The third kappa shape index (κ3) is 17.8. The number of nitrogens with one attached hydrogen (secondary N) is 9. The number of carbonyl (C=O) groups excluding carboxylic acids is 8. The van der Waals surface area contributed by atoms with Crippen molar-refractivity contribution in [1.82, 2.24) is 47.2 Å². The molecule has 0 aliphatic carbocycles. The number of aliphatic hydroxyl groups excluding tert-OH is 2. The molecule has 0 spiro atoms. The Bertz CT molecular complexity index is 3010. The first-order chi connectivity index (χ1) is 37.8. The molecule has 5 aromatic rings. The number of benzene rings is 3. The van der Waals surface area contributed by atoms with E-state index in [0.717, 1.165) is 16.5 Å². The summed E-state index contributed by atoms with van der Waals surface area (Å²) in [5.74, 6) is -7.99. The average molecular weight is 1150 g/mol. The van der Waals surface area contributed by atoms with Crippen LogP contribution in [0.2, 0.25) is 0 Å². The molecule has 432 valence electrons. The topological polar surface area (TPSA) is 429 Å². The van der Waals surface area contributed by atoms with Gasteiger partial charge in [-0.3, -0.25) is 43.3 Å². The van der Waals surface area contributed by atoms with Crippen molar-refractivity contribution in [3.8, 4) is 5.75 Å². The van der Waals surface area contributed by atoms with Gasteiger partial charge < -0.3 is 85.4 Å². The largest absolute Gasteiger partial charge is 0.508 e. The third-order valence-corrected chi connectivity index (χ3v) is 13.6. The Labute approximate surface area is 472 Å². The zero-order chi connectivity index (χ0) is 59.0. The molecule has 0 unspecified atom stereocenters. The number of para-hydroxylation sites is 2. The van der Waals surface area contributed by atoms with Gasteiger partial charge in [0.15, 0.2) is 5.96 Å². The summed E-state index contributed by atoms with van der Waals surface area (Å²) < 4.78 is -1.36. The molecule has 0 aliphatic rings. The summed E-state index contributed by atoms with van der Waals surface area (Å²) in [6, 6.07) is 8.67. The van der Waals surface area contributed by atoms with Gasteiger partial charge in [-0.2, -0.15) is 25.3 Å². The Morgan fingerprint density at radius 2 is 1.07 bits per heavy atom. The first kappa shape index (κ1) is 63.0. The average Bonchev–Trinajstić information content (AvgIpc) is 4.01. The summed E-state index contributed by atoms with van der Waals surface area (Å²) in [5, 5.41) is 50.5. The predicted octanol–water partition coefficient (Wildman–Crippen LogP) is -1.96. The third-order valence-electron chi connectivity index (χ3n) is 13.0. The number of hydrogen-bond donors (Lipinski definition) is 18. The van der Waals surface area contributed by atoms with Gasteiger partial charge in [0, 0.05) is 64.1 Å². The minimum Gasteiger partial charge on any atom is -0.508 e. The quantitative estimate of drug-likeness (QED) is 0.0107. The molecule has 20 N–H and O–H groups in total. The molecule has 2 aromatic heterocycles. The molecule has 3 aromatic carbocycles. The van der Waals surface area contributed by atoms with Gasteiger partial charge in [0.1, 0.15) is 48.0 Å². The van der Waals surface area contributed by atoms with Crippen molar-refractivity contribution in [2.24, 2.45) is 27.9 Å². The number of H-pyrrole nitrogens is 2. The van der Waals surface area contributed by atoms with E-state index in [1.807, 2.05) is 24.3 Å². The van der Waals surface area contributed by atoms with E-state index in [2.05, 4.69) is 77.4 Å². The van der Waals surface area contributed by atoms with Gasteiger partial charge in [-0.25, -0.2) is 0 Å². The van der Waals surface area contributed by atoms with Gasteiger partial charge >= 0.3 is 0 Å². The maximum absolute atomic E-state index is 14.8. The summed E-state index contributed by atoms with van der Waals surface area (Å²) in [6.07, 6.45) is -0.0408. The molecule has 27 heteroatoms. The minimum absolute atomic E-state index is 0.0211. The van der Waals surface area contributed by atoms with Crippen LogP contribution in [0.4, 0.5) is 0 Å². The van der Waals surface area contributed by atoms with Crippen LogP contribution in [-0.4, -0.2) is 156 Å². The first-order valence-electron chi connectivity index (χ1n) is 25.6. The van der Waals surface area contributed by atoms with E-state index in [1.165, 1.54) is 52.0 Å². The summed E-state index contributed by atoms with van der Waals surface area (Å²) in [6.45, 7) is 5.29. The van der Waals surface area contributed by atoms with Gasteiger partial charge in [-0.05, 0) is 87.9 Å². The van der Waals surface area contributed by atoms with Crippen molar-refractivity contribution in [2.45, 2.75) is 125 Å². The van der Waals surface area contributed by atoms with E-state index in [4.69, 9.17) is 22.9 Å². The number of amides is 8. The highest BCUT2D eigenvalue weighted by Crippen LogP contribution is 2.22. The number of aliphatic hydroxyl groups is 2. The monoisotopic (exact) mass is 1140 g/mol. The van der Waals surface area contributed by atoms with Crippen molar-refractivity contribution < 1.29 is 53.7 Å². The summed E-state index contributed by atoms with van der Waals surface area (Å²) in [4.78, 5) is 121. The second-order valence-electron chi connectivity index (χ2n) is 19.9. The number of aromatic nitrogens is 2. The Morgan fingerprint density at radius 3 is 1.59 bits per heavy atom. The number of rotatable bonds is 29. The molecule has 10 atom stereocenters. The van der Waals surface area contributed by atoms with Crippen LogP contribution in [0.5, 0.6) is 5.75 Å². The molecule has 8 amide bonds. The molecule has 0 bridgehead atoms. The van der Waals surface area contributed by atoms with Crippen molar-refractivity contribution in [3.05, 3.63) is 102 Å². The lowest BCUT2D eigenvalue weighted by atomic mass is 9.99. The highest BCUT2D eigenvalue weighted by Gasteiger charge is 2.40. The van der Waals surface area contributed by atoms with Crippen molar-refractivity contribution >= 4 is 100 Å². The molecule has 2 heterocycles. The van der Waals surface area contributed by atoms with Crippen LogP contribution in [0.15, 0.2) is 90.2 Å². The van der Waals surface area contributed by atoms with E-state index in [9.17, 15) is 53.7 Å². The number of aliphatic imine (C=N–C) groups is 1. The highest BCUT2D eigenvalue weighted by molar-refractivity contribution is 7.81. The fourth-order valence-electron chi connectivity index (χ4n) is 8.62. The van der Waals surface area contributed by atoms with E-state index in [0.29, 0.717) is 22.0 Å². The molecule has 25 nitrogen and oxygen atoms in total. The number of nitrogens with zero attached hydrogens (tertiary/aromatic N) is 1. The number of phenols is 1. The zero-order valence-electron chi connectivity index (χ0n) is 44.6. The molecule has 80 heavy (non-hydrogen) atoms. The fourth-order valence-corrected chi connectivity index (χ4v) is 9.06. The molecule has 0 saturated heterocycles. The Kier molecular flexibility index (Phi) is 22.7. The smallest absolute Gasteiger partial charge is 0.245 e. The van der Waals surface area contributed by atoms with Gasteiger partial charge in [-0.1, -0.05) is 48.5 Å². The number of aromatic amines is 2. The van der Waals surface area contributed by atoms with Gasteiger partial charge in [0.25, 0.3) is 0 Å². The van der Waals surface area contributed by atoms with Crippen LogP contribution in [0.1, 0.15) is 57.2 Å². The van der Waals surface area contributed by atoms with E-state index in [-0.39, 0.29) is 56.1 Å². The number of hydrogen-bond acceptors (Lipinski definition) is 15. The molecule has 0 radical (unpaired) electrons. The first-order valence-corrected chi connectivity index (χ1v) is 26.7. The van der Waals surface area contributed by atoms with Crippen molar-refractivity contribution in [3.63, 3.8) is 0 Å². The Morgan fingerprint density at radius 1 is 0.600 bits per heavy atom. The maximum Gasteiger partial charge on any atom is 0.245 e. The SMILES string of the molecule is C[C@@H](O)[C@H](NC(=O)[C@@H](NC(=O)[C@@H](NC(=O)[C@H](CCCN=C(N)N)NC(=O)[C@@H](Cc1c[nH]c2ccccc12)NC(=O)[C@H](Cc1ccc(O)cc1)NC(=O)[C@H](CS)NC(=O)[C@H](N)Cc1c[nH]c2ccccc12)[C@@H](C)O)C(C)(C)S)C(N)=O. The highest BCUT2D eigenvalue weighted by atomic mass is 32.1. The van der Waals surface area contributed by atoms with Crippen LogP contribution >= 0.6 is 25.3 Å². The predicted molar refractivity (Wildman–Crippen MR) is 307 cm³/mol. The lowest BCUT2D eigenvalue weighted by Crippen LogP contribution is -2.64. The summed E-state index contributed by atoms with van der Waals surface area (Å²) >= 11 is 8.78. The van der Waals surface area contributed by atoms with Crippen LogP contribution < -0.4 is 60.2 Å².